The van der Waals surface area contributed by atoms with Gasteiger partial charge in [0.1, 0.15) is 30.8 Å². The third-order valence-electron chi connectivity index (χ3n) is 4.66. The summed E-state index contributed by atoms with van der Waals surface area (Å²) >= 11 is 7.83. The molecule has 2 aromatic rings. The monoisotopic (exact) mass is 518 g/mol. The van der Waals surface area contributed by atoms with Crippen LogP contribution in [0.25, 0.3) is 0 Å². The Hall–Kier alpha value is -1.02. The summed E-state index contributed by atoms with van der Waals surface area (Å²) < 4.78 is 12.1. The molecule has 2 N–H and O–H groups in total. The van der Waals surface area contributed by atoms with Crippen molar-refractivity contribution in [2.24, 2.45) is 0 Å². The van der Waals surface area contributed by atoms with Crippen molar-refractivity contribution >= 4 is 34.2 Å². The standard InChI is InChI=1S/C22H28ClIO4/c1-22(2,17-5-9-21(10-6-17)28-15-19(26)13-23)16-3-7-20(8-4-16)27-14-18(25)11-12-24/h3-10,18-19,25-26H,11-15H2,1-2H3. The second-order valence-electron chi connectivity index (χ2n) is 7.24. The molecule has 0 heterocycles. The molecule has 0 aliphatic rings. The largest absolute Gasteiger partial charge is 0.491 e. The molecule has 2 unspecified atom stereocenters. The van der Waals surface area contributed by atoms with E-state index in [0.717, 1.165) is 22.2 Å². The molecule has 2 rings (SSSR count). The molecule has 2 atom stereocenters. The summed E-state index contributed by atoms with van der Waals surface area (Å²) in [6.45, 7) is 4.83. The highest BCUT2D eigenvalue weighted by Crippen LogP contribution is 2.33. The average molecular weight is 519 g/mol. The topological polar surface area (TPSA) is 58.9 Å². The van der Waals surface area contributed by atoms with Crippen LogP contribution in [0.1, 0.15) is 31.4 Å². The minimum Gasteiger partial charge on any atom is -0.491 e. The normalized spacial score (nSPS) is 13.8. The first-order valence-electron chi connectivity index (χ1n) is 9.31. The minimum absolute atomic E-state index is 0.155. The molecule has 0 radical (unpaired) electrons. The highest BCUT2D eigenvalue weighted by molar-refractivity contribution is 14.1. The molecule has 0 fully saturated rings. The van der Waals surface area contributed by atoms with Crippen molar-refractivity contribution in [1.82, 2.24) is 0 Å². The Balaban J connectivity index is 2.01. The van der Waals surface area contributed by atoms with E-state index >= 15 is 0 Å². The maximum atomic E-state index is 9.79. The maximum absolute atomic E-state index is 9.79. The molecule has 0 saturated heterocycles. The Kier molecular flexibility index (Phi) is 9.34. The Morgan fingerprint density at radius 3 is 1.68 bits per heavy atom. The van der Waals surface area contributed by atoms with E-state index in [1.807, 2.05) is 36.4 Å². The highest BCUT2D eigenvalue weighted by atomic mass is 127. The lowest BCUT2D eigenvalue weighted by Crippen LogP contribution is -2.20. The lowest BCUT2D eigenvalue weighted by Gasteiger charge is -2.26. The summed E-state index contributed by atoms with van der Waals surface area (Å²) in [6, 6.07) is 15.9. The van der Waals surface area contributed by atoms with Gasteiger partial charge in [-0.2, -0.15) is 0 Å². The molecular weight excluding hydrogens is 491 g/mol. The number of benzene rings is 2. The van der Waals surface area contributed by atoms with Gasteiger partial charge in [0.25, 0.3) is 0 Å². The highest BCUT2D eigenvalue weighted by Gasteiger charge is 2.23. The van der Waals surface area contributed by atoms with Crippen LogP contribution in [-0.4, -0.2) is 45.9 Å². The molecule has 28 heavy (non-hydrogen) atoms. The average Bonchev–Trinajstić information content (AvgIpc) is 2.71. The van der Waals surface area contributed by atoms with Crippen LogP contribution in [0.15, 0.2) is 48.5 Å². The molecule has 0 amide bonds. The molecule has 2 aromatic carbocycles. The van der Waals surface area contributed by atoms with Gasteiger partial charge in [0.2, 0.25) is 0 Å². The number of aliphatic hydroxyl groups is 2. The van der Waals surface area contributed by atoms with Crippen molar-refractivity contribution in [3.05, 3.63) is 59.7 Å². The fraction of sp³-hybridized carbons (Fsp3) is 0.455. The summed E-state index contributed by atoms with van der Waals surface area (Å²) in [4.78, 5) is 0. The van der Waals surface area contributed by atoms with Gasteiger partial charge in [-0.1, -0.05) is 60.7 Å². The summed E-state index contributed by atoms with van der Waals surface area (Å²) in [5.41, 5.74) is 2.13. The number of alkyl halides is 2. The van der Waals surface area contributed by atoms with Crippen LogP contribution in [0.5, 0.6) is 11.5 Å². The summed E-state index contributed by atoms with van der Waals surface area (Å²) in [5.74, 6) is 1.62. The zero-order valence-electron chi connectivity index (χ0n) is 16.3. The maximum Gasteiger partial charge on any atom is 0.119 e. The molecule has 0 bridgehead atoms. The van der Waals surface area contributed by atoms with Crippen molar-refractivity contribution < 1.29 is 19.7 Å². The second kappa shape index (κ2) is 11.2. The molecule has 0 aliphatic carbocycles. The van der Waals surface area contributed by atoms with Crippen molar-refractivity contribution in [3.63, 3.8) is 0 Å². The summed E-state index contributed by atoms with van der Waals surface area (Å²) in [5, 5.41) is 19.3. The van der Waals surface area contributed by atoms with Crippen molar-refractivity contribution in [3.8, 4) is 11.5 Å². The Bertz CT molecular complexity index is 703. The molecule has 0 aliphatic heterocycles. The van der Waals surface area contributed by atoms with E-state index < -0.39 is 12.2 Å². The SMILES string of the molecule is CC(C)(c1ccc(OCC(O)CCl)cc1)c1ccc(OCC(O)CCI)cc1. The van der Waals surface area contributed by atoms with Crippen LogP contribution in [-0.2, 0) is 5.41 Å². The minimum atomic E-state index is -0.666. The van der Waals surface area contributed by atoms with Gasteiger partial charge >= 0.3 is 0 Å². The van der Waals surface area contributed by atoms with E-state index in [1.165, 1.54) is 5.56 Å². The third-order valence-corrected chi connectivity index (χ3v) is 5.64. The van der Waals surface area contributed by atoms with E-state index in [2.05, 4.69) is 48.6 Å². The van der Waals surface area contributed by atoms with Crippen LogP contribution in [0.2, 0.25) is 0 Å². The van der Waals surface area contributed by atoms with E-state index in [9.17, 15) is 10.2 Å². The van der Waals surface area contributed by atoms with Crippen molar-refractivity contribution in [2.45, 2.75) is 37.9 Å². The number of aliphatic hydroxyl groups excluding tert-OH is 2. The number of halogens is 2. The molecule has 154 valence electrons. The van der Waals surface area contributed by atoms with Gasteiger partial charge in [0, 0.05) is 9.84 Å². The van der Waals surface area contributed by atoms with Gasteiger partial charge in [0.05, 0.1) is 12.0 Å². The third kappa shape index (κ3) is 6.79. The predicted octanol–water partition coefficient (Wildman–Crippen LogP) is 4.56. The quantitative estimate of drug-likeness (QED) is 0.338. The second-order valence-corrected chi connectivity index (χ2v) is 8.62. The van der Waals surface area contributed by atoms with Gasteiger partial charge in [-0.15, -0.1) is 11.6 Å². The number of hydrogen-bond donors (Lipinski definition) is 2. The van der Waals surface area contributed by atoms with Crippen LogP contribution in [0.4, 0.5) is 0 Å². The fourth-order valence-corrected chi connectivity index (χ4v) is 3.55. The zero-order valence-corrected chi connectivity index (χ0v) is 19.2. The molecule has 6 heteroatoms. The van der Waals surface area contributed by atoms with Gasteiger partial charge in [-0.05, 0) is 41.8 Å². The van der Waals surface area contributed by atoms with Crippen LogP contribution >= 0.6 is 34.2 Å². The summed E-state index contributed by atoms with van der Waals surface area (Å²) in [6.07, 6.45) is -0.364. The number of hydrogen-bond acceptors (Lipinski definition) is 4. The lowest BCUT2D eigenvalue weighted by molar-refractivity contribution is 0.106. The van der Waals surface area contributed by atoms with Crippen molar-refractivity contribution in [1.29, 1.82) is 0 Å². The fourth-order valence-electron chi connectivity index (χ4n) is 2.74. The molecule has 0 saturated carbocycles. The van der Waals surface area contributed by atoms with Gasteiger partial charge < -0.3 is 19.7 Å². The number of rotatable bonds is 11. The lowest BCUT2D eigenvalue weighted by atomic mass is 9.78. The van der Waals surface area contributed by atoms with E-state index in [0.29, 0.717) is 12.4 Å². The Labute approximate surface area is 186 Å². The van der Waals surface area contributed by atoms with Gasteiger partial charge in [-0.3, -0.25) is 0 Å². The van der Waals surface area contributed by atoms with Gasteiger partial charge in [0.15, 0.2) is 0 Å². The van der Waals surface area contributed by atoms with Crippen LogP contribution < -0.4 is 9.47 Å². The number of ether oxygens (including phenoxy) is 2. The smallest absolute Gasteiger partial charge is 0.119 e. The molecule has 0 aromatic heterocycles. The molecule has 0 spiro atoms. The van der Waals surface area contributed by atoms with E-state index in [1.54, 1.807) is 0 Å². The van der Waals surface area contributed by atoms with E-state index in [4.69, 9.17) is 21.1 Å². The molecule has 4 nitrogen and oxygen atoms in total. The molecular formula is C22H28ClIO4. The van der Waals surface area contributed by atoms with Crippen LogP contribution in [0, 0.1) is 0 Å². The van der Waals surface area contributed by atoms with Gasteiger partial charge in [-0.25, -0.2) is 0 Å². The zero-order chi connectivity index (χ0) is 20.6. The Morgan fingerprint density at radius 2 is 1.29 bits per heavy atom. The van der Waals surface area contributed by atoms with Crippen molar-refractivity contribution in [2.75, 3.05) is 23.5 Å². The van der Waals surface area contributed by atoms with E-state index in [-0.39, 0.29) is 17.9 Å². The first-order chi connectivity index (χ1) is 13.4. The van der Waals surface area contributed by atoms with Crippen LogP contribution in [0.3, 0.4) is 0 Å². The first kappa shape index (κ1) is 23.3. The predicted molar refractivity (Wildman–Crippen MR) is 122 cm³/mol. The Morgan fingerprint density at radius 1 is 0.857 bits per heavy atom. The first-order valence-corrected chi connectivity index (χ1v) is 11.4. The summed E-state index contributed by atoms with van der Waals surface area (Å²) in [7, 11) is 0.